The van der Waals surface area contributed by atoms with Gasteiger partial charge in [-0.25, -0.2) is 0 Å². The highest BCUT2D eigenvalue weighted by molar-refractivity contribution is 6.31. The molecule has 0 spiro atoms. The zero-order chi connectivity index (χ0) is 11.3. The van der Waals surface area contributed by atoms with E-state index in [0.717, 1.165) is 22.8 Å². The van der Waals surface area contributed by atoms with Crippen LogP contribution in [0.3, 0.4) is 0 Å². The fourth-order valence-corrected chi connectivity index (χ4v) is 1.34. The molecular weight excluding hydrogens is 212 g/mol. The third-order valence-corrected chi connectivity index (χ3v) is 2.74. The fraction of sp³-hybridized carbons (Fsp3) is 0.500. The van der Waals surface area contributed by atoms with Crippen molar-refractivity contribution in [1.82, 2.24) is 0 Å². The van der Waals surface area contributed by atoms with E-state index in [1.165, 1.54) is 0 Å². The molecule has 1 N–H and O–H groups in total. The van der Waals surface area contributed by atoms with Crippen molar-refractivity contribution in [3.63, 3.8) is 0 Å². The molecule has 0 aliphatic rings. The van der Waals surface area contributed by atoms with Crippen molar-refractivity contribution in [3.05, 3.63) is 28.8 Å². The smallest absolute Gasteiger partial charge is 0.119 e. The number of aliphatic hydroxyl groups is 1. The van der Waals surface area contributed by atoms with Crippen molar-refractivity contribution in [2.75, 3.05) is 6.61 Å². The van der Waals surface area contributed by atoms with Gasteiger partial charge in [0.15, 0.2) is 0 Å². The molecule has 1 aromatic carbocycles. The van der Waals surface area contributed by atoms with Crippen molar-refractivity contribution in [2.45, 2.75) is 32.8 Å². The van der Waals surface area contributed by atoms with Crippen LogP contribution in [0, 0.1) is 6.92 Å². The number of aliphatic hydroxyl groups excluding tert-OH is 1. The fourth-order valence-electron chi connectivity index (χ4n) is 1.22. The summed E-state index contributed by atoms with van der Waals surface area (Å²) in [6.45, 7) is 4.43. The Labute approximate surface area is 95.8 Å². The van der Waals surface area contributed by atoms with E-state index in [2.05, 4.69) is 0 Å². The summed E-state index contributed by atoms with van der Waals surface area (Å²) in [6, 6.07) is 5.57. The van der Waals surface area contributed by atoms with E-state index in [0.29, 0.717) is 13.0 Å². The molecule has 0 aliphatic carbocycles. The van der Waals surface area contributed by atoms with Crippen LogP contribution in [-0.2, 0) is 0 Å². The third kappa shape index (κ3) is 4.10. The SMILES string of the molecule is CCC(O)CCOc1ccc(Cl)c(C)c1. The Hall–Kier alpha value is -0.730. The van der Waals surface area contributed by atoms with Crippen molar-refractivity contribution in [1.29, 1.82) is 0 Å². The summed E-state index contributed by atoms with van der Waals surface area (Å²) in [5.74, 6) is 0.806. The lowest BCUT2D eigenvalue weighted by atomic mass is 10.2. The van der Waals surface area contributed by atoms with Crippen molar-refractivity contribution in [2.24, 2.45) is 0 Å². The number of ether oxygens (including phenoxy) is 1. The van der Waals surface area contributed by atoms with Gasteiger partial charge >= 0.3 is 0 Å². The van der Waals surface area contributed by atoms with Crippen LogP contribution in [0.2, 0.25) is 5.02 Å². The van der Waals surface area contributed by atoms with Crippen LogP contribution in [0.5, 0.6) is 5.75 Å². The van der Waals surface area contributed by atoms with Crippen LogP contribution in [0.1, 0.15) is 25.3 Å². The highest BCUT2D eigenvalue weighted by Gasteiger charge is 2.02. The van der Waals surface area contributed by atoms with Gasteiger partial charge in [-0.3, -0.25) is 0 Å². The van der Waals surface area contributed by atoms with E-state index >= 15 is 0 Å². The molecule has 1 atom stereocenters. The van der Waals surface area contributed by atoms with E-state index < -0.39 is 0 Å². The van der Waals surface area contributed by atoms with Crippen LogP contribution in [0.4, 0.5) is 0 Å². The minimum absolute atomic E-state index is 0.265. The Morgan fingerprint density at radius 3 is 2.80 bits per heavy atom. The first-order chi connectivity index (χ1) is 7.13. The Bertz CT molecular complexity index is 312. The maximum atomic E-state index is 9.33. The second kappa shape index (κ2) is 5.99. The Balaban J connectivity index is 2.41. The molecule has 0 saturated carbocycles. The number of halogens is 1. The highest BCUT2D eigenvalue weighted by Crippen LogP contribution is 2.21. The average molecular weight is 229 g/mol. The molecule has 15 heavy (non-hydrogen) atoms. The lowest BCUT2D eigenvalue weighted by molar-refractivity contribution is 0.135. The molecule has 1 unspecified atom stereocenters. The standard InChI is InChI=1S/C12H17ClO2/c1-3-10(14)6-7-15-11-4-5-12(13)9(2)8-11/h4-5,8,10,14H,3,6-7H2,1-2H3. The van der Waals surface area contributed by atoms with Crippen molar-refractivity contribution < 1.29 is 9.84 Å². The van der Waals surface area contributed by atoms with Crippen LogP contribution in [0.15, 0.2) is 18.2 Å². The van der Waals surface area contributed by atoms with Crippen molar-refractivity contribution >= 4 is 11.6 Å². The third-order valence-electron chi connectivity index (χ3n) is 2.32. The molecule has 0 fully saturated rings. The summed E-state index contributed by atoms with van der Waals surface area (Å²) in [7, 11) is 0. The molecule has 0 aromatic heterocycles. The number of rotatable bonds is 5. The lowest BCUT2D eigenvalue weighted by Crippen LogP contribution is -2.10. The zero-order valence-electron chi connectivity index (χ0n) is 9.16. The van der Waals surface area contributed by atoms with Crippen molar-refractivity contribution in [3.8, 4) is 5.75 Å². The predicted octanol–water partition coefficient (Wildman–Crippen LogP) is 3.19. The summed E-state index contributed by atoms with van der Waals surface area (Å²) in [4.78, 5) is 0. The summed E-state index contributed by atoms with van der Waals surface area (Å²) < 4.78 is 5.50. The largest absolute Gasteiger partial charge is 0.493 e. The number of benzene rings is 1. The van der Waals surface area contributed by atoms with Crippen LogP contribution in [0.25, 0.3) is 0 Å². The number of hydrogen-bond acceptors (Lipinski definition) is 2. The summed E-state index contributed by atoms with van der Waals surface area (Å²) >= 11 is 5.89. The first-order valence-electron chi connectivity index (χ1n) is 5.20. The molecule has 3 heteroatoms. The minimum Gasteiger partial charge on any atom is -0.493 e. The van der Waals surface area contributed by atoms with Gasteiger partial charge < -0.3 is 9.84 Å². The quantitative estimate of drug-likeness (QED) is 0.839. The normalized spacial score (nSPS) is 12.5. The lowest BCUT2D eigenvalue weighted by Gasteiger charge is -2.10. The van der Waals surface area contributed by atoms with E-state index in [1.807, 2.05) is 32.0 Å². The first kappa shape index (κ1) is 12.3. The second-order valence-corrected chi connectivity index (χ2v) is 4.02. The molecule has 0 radical (unpaired) electrons. The Morgan fingerprint density at radius 1 is 1.47 bits per heavy atom. The van der Waals surface area contributed by atoms with Crippen LogP contribution < -0.4 is 4.74 Å². The molecule has 1 rings (SSSR count). The monoisotopic (exact) mass is 228 g/mol. The molecule has 0 saturated heterocycles. The minimum atomic E-state index is -0.265. The molecule has 0 amide bonds. The van der Waals surface area contributed by atoms with Gasteiger partial charge in [0.2, 0.25) is 0 Å². The average Bonchev–Trinajstić information content (AvgIpc) is 2.23. The van der Waals surface area contributed by atoms with E-state index in [1.54, 1.807) is 0 Å². The molecular formula is C12H17ClO2. The van der Waals surface area contributed by atoms with Gasteiger partial charge in [-0.05, 0) is 37.1 Å². The van der Waals surface area contributed by atoms with E-state index in [4.69, 9.17) is 16.3 Å². The van der Waals surface area contributed by atoms with E-state index in [9.17, 15) is 5.11 Å². The second-order valence-electron chi connectivity index (χ2n) is 3.61. The first-order valence-corrected chi connectivity index (χ1v) is 5.58. The maximum Gasteiger partial charge on any atom is 0.119 e. The molecule has 84 valence electrons. The number of hydrogen-bond donors (Lipinski definition) is 1. The molecule has 0 bridgehead atoms. The highest BCUT2D eigenvalue weighted by atomic mass is 35.5. The van der Waals surface area contributed by atoms with E-state index in [-0.39, 0.29) is 6.10 Å². The molecule has 1 aromatic rings. The Morgan fingerprint density at radius 2 is 2.20 bits per heavy atom. The summed E-state index contributed by atoms with van der Waals surface area (Å²) in [5.41, 5.74) is 1.00. The van der Waals surface area contributed by atoms with Gasteiger partial charge in [0.25, 0.3) is 0 Å². The number of aryl methyl sites for hydroxylation is 1. The van der Waals surface area contributed by atoms with Gasteiger partial charge in [0.05, 0.1) is 12.7 Å². The van der Waals surface area contributed by atoms with Gasteiger partial charge in [-0.1, -0.05) is 18.5 Å². The molecule has 2 nitrogen and oxygen atoms in total. The van der Waals surface area contributed by atoms with Crippen LogP contribution >= 0.6 is 11.6 Å². The van der Waals surface area contributed by atoms with Gasteiger partial charge in [-0.15, -0.1) is 0 Å². The predicted molar refractivity (Wildman–Crippen MR) is 62.6 cm³/mol. The molecule has 0 aliphatic heterocycles. The van der Waals surface area contributed by atoms with Crippen LogP contribution in [-0.4, -0.2) is 17.8 Å². The Kier molecular flexibility index (Phi) is 4.92. The summed E-state index contributed by atoms with van der Waals surface area (Å²) in [5, 5.41) is 10.1. The zero-order valence-corrected chi connectivity index (χ0v) is 9.92. The van der Waals surface area contributed by atoms with Gasteiger partial charge in [-0.2, -0.15) is 0 Å². The topological polar surface area (TPSA) is 29.5 Å². The van der Waals surface area contributed by atoms with Gasteiger partial charge in [0, 0.05) is 11.4 Å². The maximum absolute atomic E-state index is 9.33. The van der Waals surface area contributed by atoms with Gasteiger partial charge in [0.1, 0.15) is 5.75 Å². The summed E-state index contributed by atoms with van der Waals surface area (Å²) in [6.07, 6.45) is 1.17. The molecule has 0 heterocycles.